The molecular formula is C13H17N3. The van der Waals surface area contributed by atoms with Gasteiger partial charge in [0, 0.05) is 19.5 Å². The van der Waals surface area contributed by atoms with Gasteiger partial charge in [0.2, 0.25) is 0 Å². The molecule has 3 nitrogen and oxygen atoms in total. The van der Waals surface area contributed by atoms with Crippen LogP contribution >= 0.6 is 0 Å². The number of nitrogens with one attached hydrogen (secondary N) is 1. The number of hydrogen-bond donors (Lipinski definition) is 1. The molecule has 1 fully saturated rings. The number of nitrogens with zero attached hydrogens (tertiary/aromatic N) is 2. The van der Waals surface area contributed by atoms with E-state index >= 15 is 0 Å². The third-order valence-corrected chi connectivity index (χ3v) is 3.32. The molecule has 1 aromatic carbocycles. The molecule has 1 aliphatic carbocycles. The molecule has 16 heavy (non-hydrogen) atoms. The molecule has 0 spiro atoms. The molecule has 1 aliphatic rings. The molecule has 0 bridgehead atoms. The van der Waals surface area contributed by atoms with Crippen LogP contribution in [0, 0.1) is 0 Å². The standard InChI is InChI=1S/C13H17N3/c1-14-8-10-4-3-5-11-12(10)16(2)13(15-11)9-6-7-9/h3-5,9,14H,6-8H2,1-2H3. The van der Waals surface area contributed by atoms with Crippen molar-refractivity contribution in [3.8, 4) is 0 Å². The lowest BCUT2D eigenvalue weighted by atomic mass is 10.2. The van der Waals surface area contributed by atoms with Crippen molar-refractivity contribution in [1.29, 1.82) is 0 Å². The van der Waals surface area contributed by atoms with Crippen molar-refractivity contribution in [1.82, 2.24) is 14.9 Å². The lowest BCUT2D eigenvalue weighted by Crippen LogP contribution is -2.07. The second kappa shape index (κ2) is 3.59. The van der Waals surface area contributed by atoms with Gasteiger partial charge in [-0.05, 0) is 31.5 Å². The van der Waals surface area contributed by atoms with Crippen LogP contribution < -0.4 is 5.32 Å². The summed E-state index contributed by atoms with van der Waals surface area (Å²) >= 11 is 0. The van der Waals surface area contributed by atoms with Crippen molar-refractivity contribution in [3.63, 3.8) is 0 Å². The zero-order valence-corrected chi connectivity index (χ0v) is 9.83. The summed E-state index contributed by atoms with van der Waals surface area (Å²) in [4.78, 5) is 4.75. The smallest absolute Gasteiger partial charge is 0.112 e. The first-order chi connectivity index (χ1) is 7.81. The molecule has 0 saturated heterocycles. The third-order valence-electron chi connectivity index (χ3n) is 3.32. The predicted octanol–water partition coefficient (Wildman–Crippen LogP) is 2.17. The van der Waals surface area contributed by atoms with E-state index in [1.54, 1.807) is 0 Å². The monoisotopic (exact) mass is 215 g/mol. The number of rotatable bonds is 3. The fraction of sp³-hybridized carbons (Fsp3) is 0.462. The molecule has 0 radical (unpaired) electrons. The Kier molecular flexibility index (Phi) is 2.21. The maximum atomic E-state index is 4.75. The van der Waals surface area contributed by atoms with E-state index in [-0.39, 0.29) is 0 Å². The van der Waals surface area contributed by atoms with Gasteiger partial charge in [-0.3, -0.25) is 0 Å². The fourth-order valence-corrected chi connectivity index (χ4v) is 2.41. The van der Waals surface area contributed by atoms with Crippen LogP contribution in [0.4, 0.5) is 0 Å². The van der Waals surface area contributed by atoms with Gasteiger partial charge in [0.25, 0.3) is 0 Å². The zero-order chi connectivity index (χ0) is 11.1. The Morgan fingerprint density at radius 3 is 2.94 bits per heavy atom. The minimum absolute atomic E-state index is 0.708. The van der Waals surface area contributed by atoms with Gasteiger partial charge in [-0.15, -0.1) is 0 Å². The van der Waals surface area contributed by atoms with E-state index in [0.717, 1.165) is 12.1 Å². The lowest BCUT2D eigenvalue weighted by Gasteiger charge is -2.05. The van der Waals surface area contributed by atoms with Crippen LogP contribution in [-0.2, 0) is 13.6 Å². The van der Waals surface area contributed by atoms with Gasteiger partial charge in [0.1, 0.15) is 5.82 Å². The quantitative estimate of drug-likeness (QED) is 0.850. The summed E-state index contributed by atoms with van der Waals surface area (Å²) in [6.45, 7) is 0.904. The normalized spacial score (nSPS) is 15.9. The van der Waals surface area contributed by atoms with Crippen LogP contribution in [0.1, 0.15) is 30.1 Å². The lowest BCUT2D eigenvalue weighted by molar-refractivity contribution is 0.794. The summed E-state index contributed by atoms with van der Waals surface area (Å²) in [5, 5.41) is 3.22. The van der Waals surface area contributed by atoms with Crippen molar-refractivity contribution >= 4 is 11.0 Å². The largest absolute Gasteiger partial charge is 0.331 e. The highest BCUT2D eigenvalue weighted by molar-refractivity contribution is 5.80. The molecule has 1 N–H and O–H groups in total. The summed E-state index contributed by atoms with van der Waals surface area (Å²) in [5.41, 5.74) is 3.76. The van der Waals surface area contributed by atoms with Crippen molar-refractivity contribution in [2.75, 3.05) is 7.05 Å². The van der Waals surface area contributed by atoms with Crippen LogP contribution in [0.3, 0.4) is 0 Å². The number of aromatic nitrogens is 2. The van der Waals surface area contributed by atoms with E-state index in [2.05, 4.69) is 35.1 Å². The van der Waals surface area contributed by atoms with E-state index in [1.807, 2.05) is 7.05 Å². The van der Waals surface area contributed by atoms with Gasteiger partial charge in [0.15, 0.2) is 0 Å². The van der Waals surface area contributed by atoms with Crippen molar-refractivity contribution in [2.45, 2.75) is 25.3 Å². The van der Waals surface area contributed by atoms with Crippen molar-refractivity contribution in [3.05, 3.63) is 29.6 Å². The predicted molar refractivity (Wildman–Crippen MR) is 65.5 cm³/mol. The summed E-state index contributed by atoms with van der Waals surface area (Å²) in [5.74, 6) is 1.97. The molecule has 0 unspecified atom stereocenters. The van der Waals surface area contributed by atoms with Crippen LogP contribution in [0.15, 0.2) is 18.2 Å². The molecular weight excluding hydrogens is 198 g/mol. The number of benzene rings is 1. The highest BCUT2D eigenvalue weighted by Gasteiger charge is 2.28. The fourth-order valence-electron chi connectivity index (χ4n) is 2.41. The maximum Gasteiger partial charge on any atom is 0.112 e. The molecule has 1 saturated carbocycles. The van der Waals surface area contributed by atoms with Crippen LogP contribution in [0.5, 0.6) is 0 Å². The number of fused-ring (bicyclic) bond motifs is 1. The van der Waals surface area contributed by atoms with E-state index in [9.17, 15) is 0 Å². The van der Waals surface area contributed by atoms with Crippen molar-refractivity contribution in [2.24, 2.45) is 7.05 Å². The van der Waals surface area contributed by atoms with Gasteiger partial charge in [-0.25, -0.2) is 4.98 Å². The Morgan fingerprint density at radius 2 is 2.25 bits per heavy atom. The summed E-state index contributed by atoms with van der Waals surface area (Å²) < 4.78 is 2.28. The zero-order valence-electron chi connectivity index (χ0n) is 9.83. The first kappa shape index (κ1) is 9.85. The highest BCUT2D eigenvalue weighted by Crippen LogP contribution is 2.40. The van der Waals surface area contributed by atoms with Gasteiger partial charge in [-0.1, -0.05) is 12.1 Å². The van der Waals surface area contributed by atoms with Gasteiger partial charge in [0.05, 0.1) is 11.0 Å². The topological polar surface area (TPSA) is 29.9 Å². The SMILES string of the molecule is CNCc1cccc2nc(C3CC3)n(C)c12. The molecule has 0 amide bonds. The Balaban J connectivity index is 2.20. The average Bonchev–Trinajstić information content (AvgIpc) is 3.05. The number of hydrogen-bond acceptors (Lipinski definition) is 2. The van der Waals surface area contributed by atoms with Gasteiger partial charge >= 0.3 is 0 Å². The molecule has 1 aromatic heterocycles. The Hall–Kier alpha value is -1.35. The average molecular weight is 215 g/mol. The Bertz CT molecular complexity index is 523. The van der Waals surface area contributed by atoms with E-state index in [4.69, 9.17) is 4.98 Å². The molecule has 3 rings (SSSR count). The Labute approximate surface area is 95.5 Å². The van der Waals surface area contributed by atoms with Crippen LogP contribution in [0.2, 0.25) is 0 Å². The summed E-state index contributed by atoms with van der Waals surface area (Å²) in [7, 11) is 4.12. The molecule has 2 aromatic rings. The molecule has 1 heterocycles. The molecule has 84 valence electrons. The molecule has 3 heteroatoms. The van der Waals surface area contributed by atoms with E-state index in [0.29, 0.717) is 5.92 Å². The molecule has 0 aliphatic heterocycles. The third kappa shape index (κ3) is 1.43. The van der Waals surface area contributed by atoms with Crippen LogP contribution in [-0.4, -0.2) is 16.6 Å². The summed E-state index contributed by atoms with van der Waals surface area (Å²) in [6.07, 6.45) is 2.61. The van der Waals surface area contributed by atoms with Gasteiger partial charge < -0.3 is 9.88 Å². The Morgan fingerprint density at radius 1 is 1.44 bits per heavy atom. The number of aryl methyl sites for hydroxylation is 1. The maximum absolute atomic E-state index is 4.75. The van der Waals surface area contributed by atoms with E-state index in [1.165, 1.54) is 29.7 Å². The first-order valence-electron chi connectivity index (χ1n) is 5.90. The summed E-state index contributed by atoms with van der Waals surface area (Å²) in [6, 6.07) is 6.39. The number of para-hydroxylation sites is 1. The van der Waals surface area contributed by atoms with Crippen molar-refractivity contribution < 1.29 is 0 Å². The molecule has 0 atom stereocenters. The van der Waals surface area contributed by atoms with Gasteiger partial charge in [-0.2, -0.15) is 0 Å². The van der Waals surface area contributed by atoms with Crippen LogP contribution in [0.25, 0.3) is 11.0 Å². The minimum Gasteiger partial charge on any atom is -0.331 e. The van der Waals surface area contributed by atoms with E-state index < -0.39 is 0 Å². The first-order valence-corrected chi connectivity index (χ1v) is 5.90. The minimum atomic E-state index is 0.708. The highest BCUT2D eigenvalue weighted by atomic mass is 15.1. The second-order valence-electron chi connectivity index (χ2n) is 4.62. The number of imidazole rings is 1. The second-order valence-corrected chi connectivity index (χ2v) is 4.62.